The van der Waals surface area contributed by atoms with Crippen molar-refractivity contribution in [1.29, 1.82) is 0 Å². The van der Waals surface area contributed by atoms with Crippen LogP contribution in [-0.4, -0.2) is 45.6 Å². The molecule has 140 valence electrons. The van der Waals surface area contributed by atoms with Gasteiger partial charge in [0.15, 0.2) is 0 Å². The summed E-state index contributed by atoms with van der Waals surface area (Å²) in [6, 6.07) is 5.07. The number of nitrogens with two attached hydrogens (primary N) is 1. The lowest BCUT2D eigenvalue weighted by Crippen LogP contribution is -2.35. The number of benzene rings is 1. The summed E-state index contributed by atoms with van der Waals surface area (Å²) in [5.41, 5.74) is 7.43. The van der Waals surface area contributed by atoms with Gasteiger partial charge in [0.1, 0.15) is 6.04 Å². The molecule has 6 nitrogen and oxygen atoms in total. The molecule has 0 amide bonds. The number of rotatable bonds is 6. The standard InChI is InChI=1S/C14H18N2O2.C5H12O2/c1-8-5-4-6-11-12(8)9(14(2,3)16-11)7-10(15)13(17)18;1-2-5(7)3-4-6/h4-6,10H,7,15H2,1-3H3,(H,17,18);5-7H,2-4H2,1H3. The van der Waals surface area contributed by atoms with Gasteiger partial charge in [-0.3, -0.25) is 9.79 Å². The molecule has 0 saturated heterocycles. The van der Waals surface area contributed by atoms with Gasteiger partial charge in [-0.05, 0) is 57.2 Å². The molecule has 1 aliphatic rings. The zero-order valence-electron chi connectivity index (χ0n) is 15.5. The molecule has 0 aromatic heterocycles. The van der Waals surface area contributed by atoms with Crippen molar-refractivity contribution in [3.8, 4) is 0 Å². The highest BCUT2D eigenvalue weighted by molar-refractivity contribution is 5.76. The van der Waals surface area contributed by atoms with Crippen LogP contribution in [0.1, 0.15) is 45.6 Å². The Hall–Kier alpha value is -1.76. The molecular weight excluding hydrogens is 320 g/mol. The first kappa shape index (κ1) is 21.3. The van der Waals surface area contributed by atoms with Gasteiger partial charge in [-0.15, -0.1) is 0 Å². The van der Waals surface area contributed by atoms with Crippen LogP contribution in [0.5, 0.6) is 0 Å². The number of carboxylic acids is 1. The Bertz CT molecular complexity index is 713. The summed E-state index contributed by atoms with van der Waals surface area (Å²) in [6.45, 7) is 7.99. The summed E-state index contributed by atoms with van der Waals surface area (Å²) in [4.78, 5) is 15.6. The van der Waals surface area contributed by atoms with Crippen LogP contribution in [0.25, 0.3) is 5.57 Å². The Morgan fingerprint density at radius 2 is 2.00 bits per heavy atom. The van der Waals surface area contributed by atoms with Crippen LogP contribution in [0.3, 0.4) is 0 Å². The molecule has 2 rings (SSSR count). The third-order valence-electron chi connectivity index (χ3n) is 4.37. The van der Waals surface area contributed by atoms with Crippen LogP contribution in [-0.2, 0) is 4.79 Å². The maximum absolute atomic E-state index is 10.9. The van der Waals surface area contributed by atoms with Crippen molar-refractivity contribution in [3.63, 3.8) is 0 Å². The summed E-state index contributed by atoms with van der Waals surface area (Å²) in [5.74, 6) is -0.972. The van der Waals surface area contributed by atoms with Gasteiger partial charge in [-0.25, -0.2) is 0 Å². The fourth-order valence-electron chi connectivity index (χ4n) is 2.82. The van der Waals surface area contributed by atoms with Gasteiger partial charge >= 0.3 is 5.97 Å². The molecule has 0 aliphatic carbocycles. The van der Waals surface area contributed by atoms with Gasteiger partial charge in [0.05, 0.1) is 17.0 Å². The molecule has 1 aliphatic heterocycles. The second-order valence-electron chi connectivity index (χ2n) is 6.84. The zero-order chi connectivity index (χ0) is 19.2. The smallest absolute Gasteiger partial charge is 0.320 e. The van der Waals surface area contributed by atoms with Gasteiger partial charge in [0.2, 0.25) is 0 Å². The number of aliphatic hydroxyl groups excluding tert-OH is 2. The van der Waals surface area contributed by atoms with Gasteiger partial charge in [0.25, 0.3) is 0 Å². The number of aliphatic carboxylic acids is 1. The fraction of sp³-hybridized carbons (Fsp3) is 0.579. The van der Waals surface area contributed by atoms with Crippen LogP contribution >= 0.6 is 0 Å². The lowest BCUT2D eigenvalue weighted by molar-refractivity contribution is -0.138. The highest BCUT2D eigenvalue weighted by atomic mass is 16.4. The van der Waals surface area contributed by atoms with Gasteiger partial charge in [-0.2, -0.15) is 0 Å². The number of aliphatic hydroxyl groups is 2. The summed E-state index contributed by atoms with van der Waals surface area (Å²) in [5, 5.41) is 27.9. The Morgan fingerprint density at radius 1 is 1.36 bits per heavy atom. The Morgan fingerprint density at radius 3 is 2.48 bits per heavy atom. The van der Waals surface area contributed by atoms with Gasteiger partial charge in [-0.1, -0.05) is 19.1 Å². The number of carbonyl (C=O) groups is 1. The van der Waals surface area contributed by atoms with E-state index in [-0.39, 0.29) is 18.2 Å². The molecule has 25 heavy (non-hydrogen) atoms. The van der Waals surface area contributed by atoms with E-state index in [2.05, 4.69) is 4.99 Å². The average molecular weight is 350 g/mol. The van der Waals surface area contributed by atoms with Gasteiger partial charge in [0, 0.05) is 11.8 Å². The topological polar surface area (TPSA) is 116 Å². The molecule has 1 aromatic rings. The normalized spacial score (nSPS) is 17.0. The first-order valence-corrected chi connectivity index (χ1v) is 8.60. The van der Waals surface area contributed by atoms with Crippen molar-refractivity contribution < 1.29 is 20.1 Å². The molecule has 0 bridgehead atoms. The summed E-state index contributed by atoms with van der Waals surface area (Å²) >= 11 is 0. The van der Waals surface area contributed by atoms with E-state index >= 15 is 0 Å². The maximum atomic E-state index is 10.9. The van der Waals surface area contributed by atoms with E-state index in [1.807, 2.05) is 45.9 Å². The van der Waals surface area contributed by atoms with E-state index in [9.17, 15) is 4.79 Å². The largest absolute Gasteiger partial charge is 0.480 e. The molecule has 2 atom stereocenters. The molecule has 0 saturated carbocycles. The molecule has 5 N–H and O–H groups in total. The molecule has 2 unspecified atom stereocenters. The van der Waals surface area contributed by atoms with Crippen molar-refractivity contribution in [1.82, 2.24) is 0 Å². The second-order valence-corrected chi connectivity index (χ2v) is 6.84. The monoisotopic (exact) mass is 350 g/mol. The molecule has 0 fully saturated rings. The minimum Gasteiger partial charge on any atom is -0.480 e. The third kappa shape index (κ3) is 5.63. The van der Waals surface area contributed by atoms with Crippen LogP contribution in [0, 0.1) is 6.92 Å². The van der Waals surface area contributed by atoms with E-state index in [0.29, 0.717) is 12.8 Å². The predicted octanol–water partition coefficient (Wildman–Crippen LogP) is 0.499. The zero-order valence-corrected chi connectivity index (χ0v) is 15.5. The average Bonchev–Trinajstić information content (AvgIpc) is 2.79. The molecule has 6 heteroatoms. The van der Waals surface area contributed by atoms with Crippen molar-refractivity contribution in [2.45, 2.75) is 64.6 Å². The number of aryl methyl sites for hydroxylation is 1. The van der Waals surface area contributed by atoms with Crippen molar-refractivity contribution >= 4 is 11.5 Å². The molecule has 0 spiro atoms. The SMILES string of the molecule is CCC(O)CCO.Cc1cccc2c1=C(CC(N)C(=O)O)C(C)(C)N=2. The Balaban J connectivity index is 0.000000381. The lowest BCUT2D eigenvalue weighted by Gasteiger charge is -2.21. The summed E-state index contributed by atoms with van der Waals surface area (Å²) in [7, 11) is 0. The highest BCUT2D eigenvalue weighted by Gasteiger charge is 2.30. The van der Waals surface area contributed by atoms with Crippen LogP contribution in [0.2, 0.25) is 0 Å². The second kappa shape index (κ2) is 9.08. The quantitative estimate of drug-likeness (QED) is 0.596. The third-order valence-corrected chi connectivity index (χ3v) is 4.37. The Kier molecular flexibility index (Phi) is 7.73. The maximum Gasteiger partial charge on any atom is 0.320 e. The minimum atomic E-state index is -0.972. The summed E-state index contributed by atoms with van der Waals surface area (Å²) < 4.78 is 0. The molecule has 1 aromatic carbocycles. The first-order valence-electron chi connectivity index (χ1n) is 8.60. The van der Waals surface area contributed by atoms with E-state index in [0.717, 1.165) is 28.1 Å². The highest BCUT2D eigenvalue weighted by Crippen LogP contribution is 2.26. The van der Waals surface area contributed by atoms with E-state index in [1.54, 1.807) is 0 Å². The van der Waals surface area contributed by atoms with Crippen LogP contribution in [0.15, 0.2) is 23.2 Å². The summed E-state index contributed by atoms with van der Waals surface area (Å²) in [6.07, 6.45) is 1.28. The number of nitrogens with zero attached hydrogens (tertiary/aromatic N) is 1. The lowest BCUT2D eigenvalue weighted by atomic mass is 9.89. The number of carboxylic acid groups (broad SMARTS) is 1. The molecule has 1 heterocycles. The number of fused-ring (bicyclic) bond motifs is 1. The number of hydrogen-bond donors (Lipinski definition) is 4. The first-order chi connectivity index (χ1) is 11.6. The van der Waals surface area contributed by atoms with Crippen LogP contribution in [0.4, 0.5) is 0 Å². The van der Waals surface area contributed by atoms with E-state index < -0.39 is 12.0 Å². The predicted molar refractivity (Wildman–Crippen MR) is 97.7 cm³/mol. The minimum absolute atomic E-state index is 0.0923. The van der Waals surface area contributed by atoms with Gasteiger partial charge < -0.3 is 21.1 Å². The van der Waals surface area contributed by atoms with E-state index in [4.69, 9.17) is 21.1 Å². The molecule has 0 radical (unpaired) electrons. The molecular formula is C19H30N2O4. The van der Waals surface area contributed by atoms with Crippen LogP contribution < -0.4 is 16.3 Å². The fourth-order valence-corrected chi connectivity index (χ4v) is 2.82. The Labute approximate surface area is 148 Å². The van der Waals surface area contributed by atoms with Crippen molar-refractivity contribution in [3.05, 3.63) is 34.3 Å². The van der Waals surface area contributed by atoms with E-state index in [1.165, 1.54) is 0 Å². The van der Waals surface area contributed by atoms with Crippen molar-refractivity contribution in [2.75, 3.05) is 6.61 Å². The van der Waals surface area contributed by atoms with Crippen molar-refractivity contribution in [2.24, 2.45) is 10.7 Å². The number of hydrogen-bond acceptors (Lipinski definition) is 5.